The number of urea groups is 1. The van der Waals surface area contributed by atoms with Gasteiger partial charge in [-0.1, -0.05) is 18.1 Å². The highest BCUT2D eigenvalue weighted by molar-refractivity contribution is 6.10. The van der Waals surface area contributed by atoms with Crippen LogP contribution in [0.25, 0.3) is 0 Å². The second-order valence-electron chi connectivity index (χ2n) is 7.37. The van der Waals surface area contributed by atoms with E-state index in [9.17, 15) is 28.0 Å². The van der Waals surface area contributed by atoms with E-state index >= 15 is 0 Å². The van der Waals surface area contributed by atoms with Gasteiger partial charge in [0, 0.05) is 16.9 Å². The van der Waals surface area contributed by atoms with Gasteiger partial charge in [0.15, 0.2) is 0 Å². The number of esters is 1. The number of allylic oxidation sites excluding steroid dienone is 1. The number of nitrogens with zero attached hydrogens (tertiary/aromatic N) is 3. The molecule has 1 aliphatic rings. The molecule has 0 spiro atoms. The molecule has 2 amide bonds. The normalized spacial score (nSPS) is 16.0. The number of benzene rings is 2. The van der Waals surface area contributed by atoms with E-state index in [1.165, 1.54) is 31.2 Å². The number of nitrogens with two attached hydrogens (primary N) is 1. The third-order valence-corrected chi connectivity index (χ3v) is 5.40. The maximum atomic E-state index is 13.3. The Morgan fingerprint density at radius 3 is 2.46 bits per heavy atom. The highest BCUT2D eigenvalue weighted by Crippen LogP contribution is 2.41. The molecule has 178 valence electrons. The highest BCUT2D eigenvalue weighted by atomic mass is 19.4. The third-order valence-electron chi connectivity index (χ3n) is 5.40. The quantitative estimate of drug-likeness (QED) is 0.509. The van der Waals surface area contributed by atoms with Crippen LogP contribution in [0, 0.1) is 29.1 Å². The molecule has 1 unspecified atom stereocenters. The van der Waals surface area contributed by atoms with Crippen LogP contribution in [0.4, 0.5) is 23.7 Å². The van der Waals surface area contributed by atoms with E-state index in [0.29, 0.717) is 0 Å². The lowest BCUT2D eigenvalue weighted by Gasteiger charge is -2.43. The third kappa shape index (κ3) is 4.39. The second-order valence-corrected chi connectivity index (χ2v) is 7.37. The van der Waals surface area contributed by atoms with Crippen molar-refractivity contribution in [3.63, 3.8) is 0 Å². The van der Waals surface area contributed by atoms with Crippen LogP contribution in [0.2, 0.25) is 0 Å². The van der Waals surface area contributed by atoms with Crippen molar-refractivity contribution in [3.8, 4) is 18.4 Å². The van der Waals surface area contributed by atoms with E-state index in [1.807, 2.05) is 6.07 Å². The fourth-order valence-electron chi connectivity index (χ4n) is 3.86. The second kappa shape index (κ2) is 9.23. The summed E-state index contributed by atoms with van der Waals surface area (Å²) in [6.07, 6.45) is 0.931. The standard InChI is InChI=1S/C24H18F3N5O3/c1-4-15-10-14(12-28)8-9-18(15)20-19(21(33)35-3)13(2)31(22(29)32(20)23(30)34)17-7-5-6-16(11-17)24(25,26)27/h1,5-11,20,29H,2-3H3,(H2,30,34). The van der Waals surface area contributed by atoms with Crippen molar-refractivity contribution >= 4 is 23.6 Å². The molecule has 0 radical (unpaired) electrons. The summed E-state index contributed by atoms with van der Waals surface area (Å²) in [6.45, 7) is 1.39. The van der Waals surface area contributed by atoms with Gasteiger partial charge in [-0.05, 0) is 42.8 Å². The average molecular weight is 481 g/mol. The number of amides is 2. The molecule has 0 bridgehead atoms. The number of hydrogen-bond acceptors (Lipinski definition) is 5. The van der Waals surface area contributed by atoms with Gasteiger partial charge < -0.3 is 10.5 Å². The summed E-state index contributed by atoms with van der Waals surface area (Å²) in [7, 11) is 1.09. The molecule has 0 fully saturated rings. The molecule has 3 rings (SSSR count). The zero-order valence-corrected chi connectivity index (χ0v) is 18.5. The lowest BCUT2D eigenvalue weighted by molar-refractivity contribution is -0.138. The van der Waals surface area contributed by atoms with Crippen molar-refractivity contribution in [2.24, 2.45) is 5.73 Å². The lowest BCUT2D eigenvalue weighted by Crippen LogP contribution is -2.55. The molecule has 0 saturated carbocycles. The molecular weight excluding hydrogens is 463 g/mol. The lowest BCUT2D eigenvalue weighted by atomic mass is 9.89. The number of guanidine groups is 1. The Labute approximate surface area is 198 Å². The predicted molar refractivity (Wildman–Crippen MR) is 120 cm³/mol. The maximum Gasteiger partial charge on any atom is 0.416 e. The molecule has 8 nitrogen and oxygen atoms in total. The van der Waals surface area contributed by atoms with E-state index < -0.39 is 35.7 Å². The number of nitriles is 1. The topological polar surface area (TPSA) is 124 Å². The SMILES string of the molecule is C#Cc1cc(C#N)ccc1C1C(C(=O)OC)=C(C)N(c2cccc(C(F)(F)F)c2)C(=N)N1C(N)=O. The zero-order valence-electron chi connectivity index (χ0n) is 18.5. The van der Waals surface area contributed by atoms with Crippen molar-refractivity contribution in [2.75, 3.05) is 12.0 Å². The van der Waals surface area contributed by atoms with Crippen LogP contribution >= 0.6 is 0 Å². The average Bonchev–Trinajstić information content (AvgIpc) is 2.82. The Bertz CT molecular complexity index is 1350. The summed E-state index contributed by atoms with van der Waals surface area (Å²) in [6, 6.07) is 7.65. The predicted octanol–water partition coefficient (Wildman–Crippen LogP) is 3.88. The number of carbonyl (C=O) groups excluding carboxylic acids is 2. The van der Waals surface area contributed by atoms with Crippen molar-refractivity contribution < 1.29 is 27.5 Å². The molecule has 3 N–H and O–H groups in total. The van der Waals surface area contributed by atoms with Crippen LogP contribution in [-0.2, 0) is 15.7 Å². The van der Waals surface area contributed by atoms with Gasteiger partial charge in [0.05, 0.1) is 29.9 Å². The Morgan fingerprint density at radius 1 is 1.23 bits per heavy atom. The first-order valence-electron chi connectivity index (χ1n) is 9.90. The summed E-state index contributed by atoms with van der Waals surface area (Å²) in [5.74, 6) is 0.855. The first-order chi connectivity index (χ1) is 16.5. The van der Waals surface area contributed by atoms with Gasteiger partial charge in [-0.25, -0.2) is 9.59 Å². The minimum absolute atomic E-state index is 0.0241. The molecular formula is C24H18F3N5O3. The van der Waals surface area contributed by atoms with Gasteiger partial charge in [0.2, 0.25) is 5.96 Å². The molecule has 11 heteroatoms. The van der Waals surface area contributed by atoms with Crippen LogP contribution in [0.5, 0.6) is 0 Å². The summed E-state index contributed by atoms with van der Waals surface area (Å²) in [5, 5.41) is 17.9. The summed E-state index contributed by atoms with van der Waals surface area (Å²) in [5.41, 5.74) is 4.85. The Morgan fingerprint density at radius 2 is 1.91 bits per heavy atom. The number of hydrogen-bond donors (Lipinski definition) is 2. The van der Waals surface area contributed by atoms with Crippen LogP contribution < -0.4 is 10.6 Å². The molecule has 0 saturated heterocycles. The molecule has 1 aliphatic heterocycles. The van der Waals surface area contributed by atoms with Crippen molar-refractivity contribution in [2.45, 2.75) is 19.1 Å². The van der Waals surface area contributed by atoms with Gasteiger partial charge in [-0.2, -0.15) is 18.4 Å². The van der Waals surface area contributed by atoms with E-state index in [-0.39, 0.29) is 33.6 Å². The van der Waals surface area contributed by atoms with Crippen molar-refractivity contribution in [1.82, 2.24) is 4.90 Å². The molecule has 1 heterocycles. The van der Waals surface area contributed by atoms with Gasteiger partial charge in [0.1, 0.15) is 6.04 Å². The maximum absolute atomic E-state index is 13.3. The largest absolute Gasteiger partial charge is 0.466 e. The number of ether oxygens (including phenoxy) is 1. The monoisotopic (exact) mass is 481 g/mol. The van der Waals surface area contributed by atoms with E-state index in [2.05, 4.69) is 5.92 Å². The van der Waals surface area contributed by atoms with Crippen LogP contribution in [-0.4, -0.2) is 30.0 Å². The van der Waals surface area contributed by atoms with Crippen LogP contribution in [0.1, 0.15) is 35.2 Å². The van der Waals surface area contributed by atoms with Crippen LogP contribution in [0.15, 0.2) is 53.7 Å². The molecule has 0 aromatic heterocycles. The number of methoxy groups -OCH3 is 1. The number of terminal acetylenes is 1. The Kier molecular flexibility index (Phi) is 6.56. The molecule has 0 aliphatic carbocycles. The Hall–Kier alpha value is -4.77. The first kappa shape index (κ1) is 24.9. The molecule has 35 heavy (non-hydrogen) atoms. The number of primary amides is 1. The summed E-state index contributed by atoms with van der Waals surface area (Å²) >= 11 is 0. The number of alkyl halides is 3. The number of anilines is 1. The minimum Gasteiger partial charge on any atom is -0.466 e. The van der Waals surface area contributed by atoms with Gasteiger partial charge in [0.25, 0.3) is 0 Å². The highest BCUT2D eigenvalue weighted by Gasteiger charge is 2.44. The fourth-order valence-corrected chi connectivity index (χ4v) is 3.86. The zero-order chi connectivity index (χ0) is 26.1. The molecule has 2 aromatic carbocycles. The molecule has 2 aromatic rings. The number of rotatable bonds is 3. The van der Waals surface area contributed by atoms with Crippen molar-refractivity contribution in [1.29, 1.82) is 10.7 Å². The number of halogens is 3. The molecule has 1 atom stereocenters. The van der Waals surface area contributed by atoms with Crippen molar-refractivity contribution in [3.05, 3.63) is 76.0 Å². The minimum atomic E-state index is -4.67. The van der Waals surface area contributed by atoms with Gasteiger partial charge >= 0.3 is 18.2 Å². The van der Waals surface area contributed by atoms with E-state index in [4.69, 9.17) is 22.3 Å². The smallest absolute Gasteiger partial charge is 0.416 e. The Balaban J connectivity index is 2.36. The summed E-state index contributed by atoms with van der Waals surface area (Å²) < 4.78 is 44.9. The number of carbonyl (C=O) groups is 2. The number of nitrogens with one attached hydrogen (secondary N) is 1. The summed E-state index contributed by atoms with van der Waals surface area (Å²) in [4.78, 5) is 27.2. The van der Waals surface area contributed by atoms with E-state index in [1.54, 1.807) is 0 Å². The van der Waals surface area contributed by atoms with Gasteiger partial charge in [-0.15, -0.1) is 6.42 Å². The fraction of sp³-hybridized carbons (Fsp3) is 0.167. The van der Waals surface area contributed by atoms with E-state index in [0.717, 1.165) is 35.1 Å². The van der Waals surface area contributed by atoms with Gasteiger partial charge in [-0.3, -0.25) is 15.2 Å². The first-order valence-corrected chi connectivity index (χ1v) is 9.90. The van der Waals surface area contributed by atoms with Crippen LogP contribution in [0.3, 0.4) is 0 Å².